The SMILES string of the molecule is COc1cccc(NC(CNc2ccc([N+](=O)[O-])cn2)C(C)(C)C)c1. The summed E-state index contributed by atoms with van der Waals surface area (Å²) in [7, 11) is 1.64. The van der Waals surface area contributed by atoms with Gasteiger partial charge < -0.3 is 15.4 Å². The van der Waals surface area contributed by atoms with Crippen molar-refractivity contribution >= 4 is 17.2 Å². The molecule has 0 amide bonds. The number of pyridine rings is 1. The lowest BCUT2D eigenvalue weighted by atomic mass is 9.86. The van der Waals surface area contributed by atoms with Crippen molar-refractivity contribution in [3.05, 3.63) is 52.7 Å². The number of nitro groups is 1. The maximum absolute atomic E-state index is 10.7. The Labute approximate surface area is 147 Å². The molecule has 0 saturated heterocycles. The van der Waals surface area contributed by atoms with Gasteiger partial charge in [0.1, 0.15) is 17.8 Å². The minimum atomic E-state index is -0.459. The first-order valence-electron chi connectivity index (χ1n) is 8.04. The zero-order valence-corrected chi connectivity index (χ0v) is 14.9. The molecule has 0 aliphatic heterocycles. The summed E-state index contributed by atoms with van der Waals surface area (Å²) in [5.74, 6) is 1.40. The van der Waals surface area contributed by atoms with Crippen molar-refractivity contribution in [1.82, 2.24) is 4.98 Å². The molecule has 0 aliphatic rings. The van der Waals surface area contributed by atoms with Crippen molar-refractivity contribution in [1.29, 1.82) is 0 Å². The lowest BCUT2D eigenvalue weighted by molar-refractivity contribution is -0.385. The summed E-state index contributed by atoms with van der Waals surface area (Å²) in [5.41, 5.74) is 0.932. The Morgan fingerprint density at radius 1 is 1.28 bits per heavy atom. The van der Waals surface area contributed by atoms with Crippen LogP contribution in [0.25, 0.3) is 0 Å². The lowest BCUT2D eigenvalue weighted by Gasteiger charge is -2.32. The molecule has 7 nitrogen and oxygen atoms in total. The molecule has 25 heavy (non-hydrogen) atoms. The van der Waals surface area contributed by atoms with Gasteiger partial charge in [0.15, 0.2) is 0 Å². The fourth-order valence-corrected chi connectivity index (χ4v) is 2.29. The number of aromatic nitrogens is 1. The zero-order valence-electron chi connectivity index (χ0n) is 14.9. The zero-order chi connectivity index (χ0) is 18.4. The largest absolute Gasteiger partial charge is 0.497 e. The summed E-state index contributed by atoms with van der Waals surface area (Å²) in [6, 6.07) is 10.9. The van der Waals surface area contributed by atoms with Gasteiger partial charge in [0.05, 0.1) is 12.0 Å². The highest BCUT2D eigenvalue weighted by Crippen LogP contribution is 2.25. The van der Waals surface area contributed by atoms with Crippen LogP contribution in [0.15, 0.2) is 42.6 Å². The Morgan fingerprint density at radius 3 is 2.60 bits per heavy atom. The third kappa shape index (κ3) is 5.34. The van der Waals surface area contributed by atoms with E-state index >= 15 is 0 Å². The van der Waals surface area contributed by atoms with Crippen molar-refractivity contribution in [2.24, 2.45) is 5.41 Å². The minimum absolute atomic E-state index is 0.0170. The van der Waals surface area contributed by atoms with Crippen LogP contribution in [0.5, 0.6) is 5.75 Å². The van der Waals surface area contributed by atoms with Crippen LogP contribution in [0.2, 0.25) is 0 Å². The molecule has 1 unspecified atom stereocenters. The van der Waals surface area contributed by atoms with E-state index in [2.05, 4.69) is 36.4 Å². The number of methoxy groups -OCH3 is 1. The van der Waals surface area contributed by atoms with Crippen LogP contribution in [0.1, 0.15) is 20.8 Å². The van der Waals surface area contributed by atoms with E-state index in [1.165, 1.54) is 12.3 Å². The maximum atomic E-state index is 10.7. The Bertz CT molecular complexity index is 711. The Hall–Kier alpha value is -2.83. The van der Waals surface area contributed by atoms with Crippen molar-refractivity contribution in [3.8, 4) is 5.75 Å². The second kappa shape index (κ2) is 7.83. The third-order valence-electron chi connectivity index (χ3n) is 3.90. The van der Waals surface area contributed by atoms with Gasteiger partial charge in [-0.05, 0) is 23.6 Å². The van der Waals surface area contributed by atoms with E-state index in [9.17, 15) is 10.1 Å². The summed E-state index contributed by atoms with van der Waals surface area (Å²) in [6.07, 6.45) is 1.25. The fraction of sp³-hybridized carbons (Fsp3) is 0.389. The number of nitrogens with one attached hydrogen (secondary N) is 2. The van der Waals surface area contributed by atoms with Gasteiger partial charge in [-0.15, -0.1) is 0 Å². The van der Waals surface area contributed by atoms with Crippen LogP contribution in [-0.4, -0.2) is 29.6 Å². The highest BCUT2D eigenvalue weighted by molar-refractivity contribution is 5.50. The van der Waals surface area contributed by atoms with E-state index in [-0.39, 0.29) is 17.1 Å². The van der Waals surface area contributed by atoms with Gasteiger partial charge in [-0.3, -0.25) is 10.1 Å². The first-order valence-corrected chi connectivity index (χ1v) is 8.04. The Morgan fingerprint density at radius 2 is 2.04 bits per heavy atom. The third-order valence-corrected chi connectivity index (χ3v) is 3.90. The molecule has 1 heterocycles. The molecule has 1 aromatic heterocycles. The van der Waals surface area contributed by atoms with E-state index in [0.717, 1.165) is 11.4 Å². The normalized spacial score (nSPS) is 12.3. The Kier molecular flexibility index (Phi) is 5.80. The predicted molar refractivity (Wildman–Crippen MR) is 99.2 cm³/mol. The second-order valence-electron chi connectivity index (χ2n) is 6.83. The van der Waals surface area contributed by atoms with Gasteiger partial charge in [0.2, 0.25) is 0 Å². The van der Waals surface area contributed by atoms with Crippen molar-refractivity contribution in [2.75, 3.05) is 24.3 Å². The van der Waals surface area contributed by atoms with Crippen LogP contribution < -0.4 is 15.4 Å². The number of rotatable bonds is 7. The fourth-order valence-electron chi connectivity index (χ4n) is 2.29. The van der Waals surface area contributed by atoms with E-state index in [1.807, 2.05) is 24.3 Å². The minimum Gasteiger partial charge on any atom is -0.497 e. The van der Waals surface area contributed by atoms with Gasteiger partial charge in [0, 0.05) is 30.4 Å². The number of ether oxygens (including phenoxy) is 1. The average molecular weight is 344 g/mol. The quantitative estimate of drug-likeness (QED) is 0.584. The smallest absolute Gasteiger partial charge is 0.287 e. The molecule has 2 N–H and O–H groups in total. The highest BCUT2D eigenvalue weighted by Gasteiger charge is 2.24. The lowest BCUT2D eigenvalue weighted by Crippen LogP contribution is -2.40. The molecule has 7 heteroatoms. The number of hydrogen-bond donors (Lipinski definition) is 2. The molecule has 0 radical (unpaired) electrons. The van der Waals surface area contributed by atoms with Crippen LogP contribution in [0.3, 0.4) is 0 Å². The molecule has 1 atom stereocenters. The second-order valence-corrected chi connectivity index (χ2v) is 6.83. The van der Waals surface area contributed by atoms with Crippen LogP contribution in [-0.2, 0) is 0 Å². The highest BCUT2D eigenvalue weighted by atomic mass is 16.6. The molecule has 0 spiro atoms. The van der Waals surface area contributed by atoms with Gasteiger partial charge in [0.25, 0.3) is 5.69 Å². The molecule has 0 aliphatic carbocycles. The summed E-state index contributed by atoms with van der Waals surface area (Å²) < 4.78 is 5.26. The molecular weight excluding hydrogens is 320 g/mol. The van der Waals surface area contributed by atoms with E-state index in [0.29, 0.717) is 12.4 Å². The molecule has 134 valence electrons. The van der Waals surface area contributed by atoms with Crippen LogP contribution in [0.4, 0.5) is 17.2 Å². The van der Waals surface area contributed by atoms with Crippen molar-refractivity contribution < 1.29 is 9.66 Å². The Balaban J connectivity index is 2.06. The average Bonchev–Trinajstić information content (AvgIpc) is 2.58. The maximum Gasteiger partial charge on any atom is 0.287 e. The van der Waals surface area contributed by atoms with E-state index in [1.54, 1.807) is 13.2 Å². The van der Waals surface area contributed by atoms with Gasteiger partial charge in [-0.2, -0.15) is 0 Å². The number of nitrogens with zero attached hydrogens (tertiary/aromatic N) is 2. The molecule has 2 aromatic rings. The van der Waals surface area contributed by atoms with Gasteiger partial charge >= 0.3 is 0 Å². The van der Waals surface area contributed by atoms with Gasteiger partial charge in [-0.1, -0.05) is 26.8 Å². The molecule has 1 aromatic carbocycles. The summed E-state index contributed by atoms with van der Waals surface area (Å²) in [6.45, 7) is 7.06. The van der Waals surface area contributed by atoms with E-state index < -0.39 is 4.92 Å². The standard InChI is InChI=1S/C18H24N4O3/c1-18(2,3)16(21-13-6-5-7-15(10-13)25-4)12-20-17-9-8-14(11-19-17)22(23)24/h5-11,16,21H,12H2,1-4H3,(H,19,20). The molecule has 0 fully saturated rings. The summed E-state index contributed by atoms with van der Waals surface area (Å²) >= 11 is 0. The monoisotopic (exact) mass is 344 g/mol. The number of anilines is 2. The topological polar surface area (TPSA) is 89.3 Å². The van der Waals surface area contributed by atoms with Crippen molar-refractivity contribution in [2.45, 2.75) is 26.8 Å². The van der Waals surface area contributed by atoms with Crippen LogP contribution >= 0.6 is 0 Å². The van der Waals surface area contributed by atoms with Crippen LogP contribution in [0, 0.1) is 15.5 Å². The molecule has 0 saturated carbocycles. The summed E-state index contributed by atoms with van der Waals surface area (Å²) in [4.78, 5) is 14.3. The molecular formula is C18H24N4O3. The first-order chi connectivity index (χ1) is 11.8. The first kappa shape index (κ1) is 18.5. The van der Waals surface area contributed by atoms with Crippen molar-refractivity contribution in [3.63, 3.8) is 0 Å². The molecule has 0 bridgehead atoms. The van der Waals surface area contributed by atoms with E-state index in [4.69, 9.17) is 4.74 Å². The summed E-state index contributed by atoms with van der Waals surface area (Å²) in [5, 5.41) is 17.4. The number of benzene rings is 1. The molecule has 2 rings (SSSR count). The predicted octanol–water partition coefficient (Wildman–Crippen LogP) is 3.94. The number of hydrogen-bond acceptors (Lipinski definition) is 6. The van der Waals surface area contributed by atoms with Gasteiger partial charge in [-0.25, -0.2) is 4.98 Å².